The number of hydrogen-bond acceptors (Lipinski definition) is 2. The monoisotopic (exact) mass is 191 g/mol. The van der Waals surface area contributed by atoms with Gasteiger partial charge in [0.2, 0.25) is 0 Å². The molecule has 1 aromatic rings. The number of hydrogen-bond donors (Lipinski definition) is 1. The number of nitrogens with two attached hydrogens (primary N) is 1. The number of rotatable bonds is 5. The molecule has 2 N–H and O–H groups in total. The molecule has 1 atom stereocenters. The maximum atomic E-state index is 10.4. The summed E-state index contributed by atoms with van der Waals surface area (Å²) in [7, 11) is 0. The fraction of sp³-hybridized carbons (Fsp3) is 0.417. The highest BCUT2D eigenvalue weighted by molar-refractivity contribution is 5.52. The van der Waals surface area contributed by atoms with Gasteiger partial charge in [-0.15, -0.1) is 0 Å². The van der Waals surface area contributed by atoms with Crippen LogP contribution in [0.2, 0.25) is 0 Å². The lowest BCUT2D eigenvalue weighted by Crippen LogP contribution is -1.96. The molecule has 0 saturated carbocycles. The van der Waals surface area contributed by atoms with Gasteiger partial charge in [-0.1, -0.05) is 19.1 Å². The number of carbonyl (C=O) groups excluding carboxylic acids is 1. The standard InChI is InChI=1S/C12H17NO/c1-10(9-14)3-2-4-11-5-7-12(13)8-6-11/h5-10H,2-4,13H2,1H3. The van der Waals surface area contributed by atoms with Crippen LogP contribution in [0.3, 0.4) is 0 Å². The molecule has 2 nitrogen and oxygen atoms in total. The van der Waals surface area contributed by atoms with Crippen molar-refractivity contribution in [2.24, 2.45) is 5.92 Å². The predicted octanol–water partition coefficient (Wildman–Crippen LogP) is 2.43. The zero-order chi connectivity index (χ0) is 10.4. The van der Waals surface area contributed by atoms with Crippen molar-refractivity contribution in [1.82, 2.24) is 0 Å². The highest BCUT2D eigenvalue weighted by Gasteiger charge is 1.99. The lowest BCUT2D eigenvalue weighted by Gasteiger charge is -2.03. The van der Waals surface area contributed by atoms with Crippen LogP contribution < -0.4 is 5.73 Å². The highest BCUT2D eigenvalue weighted by Crippen LogP contribution is 2.11. The second-order valence-electron chi connectivity index (χ2n) is 3.75. The Morgan fingerprint density at radius 3 is 2.57 bits per heavy atom. The van der Waals surface area contributed by atoms with E-state index in [4.69, 9.17) is 5.73 Å². The molecule has 0 bridgehead atoms. The summed E-state index contributed by atoms with van der Waals surface area (Å²) in [6.07, 6.45) is 4.07. The van der Waals surface area contributed by atoms with Crippen molar-refractivity contribution >= 4 is 12.0 Å². The third-order valence-corrected chi connectivity index (χ3v) is 2.34. The molecule has 0 aliphatic carbocycles. The summed E-state index contributed by atoms with van der Waals surface area (Å²) in [5, 5.41) is 0. The first-order valence-corrected chi connectivity index (χ1v) is 5.02. The maximum absolute atomic E-state index is 10.4. The number of carbonyl (C=O) groups is 1. The second kappa shape index (κ2) is 5.43. The van der Waals surface area contributed by atoms with Crippen LogP contribution in [0.25, 0.3) is 0 Å². The summed E-state index contributed by atoms with van der Waals surface area (Å²) in [5.41, 5.74) is 7.67. The van der Waals surface area contributed by atoms with Gasteiger partial charge in [0, 0.05) is 11.6 Å². The Bertz CT molecular complexity index is 279. The van der Waals surface area contributed by atoms with Crippen molar-refractivity contribution in [3.8, 4) is 0 Å². The molecule has 0 aromatic heterocycles. The quantitative estimate of drug-likeness (QED) is 0.573. The largest absolute Gasteiger partial charge is 0.399 e. The molecule has 0 aliphatic heterocycles. The van der Waals surface area contributed by atoms with Crippen LogP contribution in [0.15, 0.2) is 24.3 Å². The van der Waals surface area contributed by atoms with Crippen molar-refractivity contribution in [3.63, 3.8) is 0 Å². The molecule has 1 aromatic carbocycles. The third kappa shape index (κ3) is 3.60. The van der Waals surface area contributed by atoms with E-state index in [0.717, 1.165) is 31.2 Å². The molecular formula is C12H17NO. The fourth-order valence-corrected chi connectivity index (χ4v) is 1.38. The van der Waals surface area contributed by atoms with Crippen LogP contribution in [0, 0.1) is 5.92 Å². The summed E-state index contributed by atoms with van der Waals surface area (Å²) < 4.78 is 0. The van der Waals surface area contributed by atoms with Crippen LogP contribution in [0.1, 0.15) is 25.3 Å². The van der Waals surface area contributed by atoms with Crippen LogP contribution in [-0.2, 0) is 11.2 Å². The van der Waals surface area contributed by atoms with E-state index in [9.17, 15) is 4.79 Å². The van der Waals surface area contributed by atoms with Gasteiger partial charge in [-0.25, -0.2) is 0 Å². The average Bonchev–Trinajstić information content (AvgIpc) is 2.21. The third-order valence-electron chi connectivity index (χ3n) is 2.34. The smallest absolute Gasteiger partial charge is 0.122 e. The van der Waals surface area contributed by atoms with E-state index < -0.39 is 0 Å². The molecular weight excluding hydrogens is 174 g/mol. The SMILES string of the molecule is CC(C=O)CCCc1ccc(N)cc1. The molecule has 1 unspecified atom stereocenters. The first-order valence-electron chi connectivity index (χ1n) is 5.02. The Kier molecular flexibility index (Phi) is 4.17. The van der Waals surface area contributed by atoms with Gasteiger partial charge in [0.15, 0.2) is 0 Å². The molecule has 0 amide bonds. The molecule has 0 saturated heterocycles. The molecule has 0 aliphatic rings. The zero-order valence-corrected chi connectivity index (χ0v) is 8.57. The average molecular weight is 191 g/mol. The van der Waals surface area contributed by atoms with Crippen LogP contribution in [0.5, 0.6) is 0 Å². The molecule has 2 heteroatoms. The van der Waals surface area contributed by atoms with E-state index in [-0.39, 0.29) is 5.92 Å². The van der Waals surface area contributed by atoms with Gasteiger partial charge in [0.25, 0.3) is 0 Å². The second-order valence-corrected chi connectivity index (χ2v) is 3.75. The summed E-state index contributed by atoms with van der Waals surface area (Å²) in [6.45, 7) is 1.95. The van der Waals surface area contributed by atoms with Crippen molar-refractivity contribution in [3.05, 3.63) is 29.8 Å². The zero-order valence-electron chi connectivity index (χ0n) is 8.57. The minimum absolute atomic E-state index is 0.184. The van der Waals surface area contributed by atoms with Crippen LogP contribution in [0.4, 0.5) is 5.69 Å². The lowest BCUT2D eigenvalue weighted by molar-refractivity contribution is -0.110. The molecule has 0 heterocycles. The first kappa shape index (κ1) is 10.8. The number of aldehydes is 1. The predicted molar refractivity (Wildman–Crippen MR) is 59.0 cm³/mol. The summed E-state index contributed by atoms with van der Waals surface area (Å²) >= 11 is 0. The number of nitrogen functional groups attached to an aromatic ring is 1. The van der Waals surface area contributed by atoms with E-state index in [1.807, 2.05) is 31.2 Å². The van der Waals surface area contributed by atoms with Crippen molar-refractivity contribution in [1.29, 1.82) is 0 Å². The number of benzene rings is 1. The first-order chi connectivity index (χ1) is 6.72. The van der Waals surface area contributed by atoms with Gasteiger partial charge in [0.05, 0.1) is 0 Å². The molecule has 76 valence electrons. The van der Waals surface area contributed by atoms with Gasteiger partial charge < -0.3 is 10.5 Å². The number of aryl methyl sites for hydroxylation is 1. The van der Waals surface area contributed by atoms with Gasteiger partial charge in [-0.2, -0.15) is 0 Å². The van der Waals surface area contributed by atoms with Gasteiger partial charge >= 0.3 is 0 Å². The Balaban J connectivity index is 2.31. The topological polar surface area (TPSA) is 43.1 Å². The molecule has 14 heavy (non-hydrogen) atoms. The van der Waals surface area contributed by atoms with Crippen LogP contribution >= 0.6 is 0 Å². The van der Waals surface area contributed by atoms with E-state index in [0.29, 0.717) is 0 Å². The summed E-state index contributed by atoms with van der Waals surface area (Å²) in [6, 6.07) is 7.92. The maximum Gasteiger partial charge on any atom is 0.122 e. The van der Waals surface area contributed by atoms with Crippen molar-refractivity contribution in [2.75, 3.05) is 5.73 Å². The molecule has 0 fully saturated rings. The summed E-state index contributed by atoms with van der Waals surface area (Å²) in [5.74, 6) is 0.184. The van der Waals surface area contributed by atoms with E-state index in [1.165, 1.54) is 5.56 Å². The summed E-state index contributed by atoms with van der Waals surface area (Å²) in [4.78, 5) is 10.4. The highest BCUT2D eigenvalue weighted by atomic mass is 16.1. The molecule has 1 rings (SSSR count). The van der Waals surface area contributed by atoms with Gasteiger partial charge in [-0.3, -0.25) is 0 Å². The van der Waals surface area contributed by atoms with E-state index in [2.05, 4.69) is 0 Å². The van der Waals surface area contributed by atoms with E-state index in [1.54, 1.807) is 0 Å². The van der Waals surface area contributed by atoms with Crippen molar-refractivity contribution in [2.45, 2.75) is 26.2 Å². The Hall–Kier alpha value is -1.31. The van der Waals surface area contributed by atoms with E-state index >= 15 is 0 Å². The van der Waals surface area contributed by atoms with Gasteiger partial charge in [-0.05, 0) is 37.0 Å². The Morgan fingerprint density at radius 2 is 2.00 bits per heavy atom. The number of anilines is 1. The molecule has 0 spiro atoms. The van der Waals surface area contributed by atoms with Crippen LogP contribution in [-0.4, -0.2) is 6.29 Å². The minimum atomic E-state index is 0.184. The normalized spacial score (nSPS) is 12.4. The Morgan fingerprint density at radius 1 is 1.36 bits per heavy atom. The fourth-order valence-electron chi connectivity index (χ4n) is 1.38. The Labute approximate surface area is 85.1 Å². The lowest BCUT2D eigenvalue weighted by atomic mass is 10.0. The molecule has 0 radical (unpaired) electrons. The van der Waals surface area contributed by atoms with Gasteiger partial charge in [0.1, 0.15) is 6.29 Å². The van der Waals surface area contributed by atoms with Crippen molar-refractivity contribution < 1.29 is 4.79 Å². The minimum Gasteiger partial charge on any atom is -0.399 e.